The van der Waals surface area contributed by atoms with Crippen molar-refractivity contribution >= 4 is 23.3 Å². The van der Waals surface area contributed by atoms with Crippen LogP contribution in [0.25, 0.3) is 0 Å². The highest BCUT2D eigenvalue weighted by atomic mass is 35.5. The van der Waals surface area contributed by atoms with Crippen LogP contribution in [0.15, 0.2) is 48.5 Å². The first-order valence-electron chi connectivity index (χ1n) is 7.48. The van der Waals surface area contributed by atoms with Gasteiger partial charge in [-0.05, 0) is 29.8 Å². The number of hydrogen-bond acceptors (Lipinski definition) is 3. The third-order valence-electron chi connectivity index (χ3n) is 3.88. The Hall–Kier alpha value is -2.46. The molecule has 0 aliphatic heterocycles. The Morgan fingerprint density at radius 2 is 1.36 bits per heavy atom. The first kappa shape index (κ1) is 21.8. The molecule has 0 spiro atoms. The summed E-state index contributed by atoms with van der Waals surface area (Å²) in [4.78, 5) is 11.4. The summed E-state index contributed by atoms with van der Waals surface area (Å²) >= 11 is 5.71. The third kappa shape index (κ3) is 4.17. The maximum atomic E-state index is 12.9. The van der Waals surface area contributed by atoms with Crippen molar-refractivity contribution < 1.29 is 41.4 Å². The minimum absolute atomic E-state index is 0.0715. The van der Waals surface area contributed by atoms with E-state index in [1.165, 1.54) is 24.3 Å². The molecule has 0 bridgehead atoms. The molecule has 2 aromatic carbocycles. The summed E-state index contributed by atoms with van der Waals surface area (Å²) in [5, 5.41) is 21.5. The topological polar surface area (TPSA) is 69.6 Å². The SMILES string of the molecule is O=C(O)C(Nc1ccc(C(O)(C(F)(F)F)C(F)(F)F)cc1)c1ccc(Cl)cc1. The molecular formula is C17H12ClF6NO3. The van der Waals surface area contributed by atoms with Crippen molar-refractivity contribution in [1.29, 1.82) is 0 Å². The Bertz CT molecular complexity index is 820. The van der Waals surface area contributed by atoms with E-state index in [0.29, 0.717) is 17.2 Å². The summed E-state index contributed by atoms with van der Waals surface area (Å²) in [6, 6.07) is 6.76. The van der Waals surface area contributed by atoms with Gasteiger partial charge in [-0.2, -0.15) is 26.3 Å². The molecule has 152 valence electrons. The average molecular weight is 428 g/mol. The second kappa shape index (κ2) is 7.51. The van der Waals surface area contributed by atoms with Gasteiger partial charge in [0.2, 0.25) is 0 Å². The summed E-state index contributed by atoms with van der Waals surface area (Å²) in [7, 11) is 0. The predicted octanol–water partition coefficient (Wildman–Crippen LogP) is 4.89. The monoisotopic (exact) mass is 427 g/mol. The number of benzene rings is 2. The van der Waals surface area contributed by atoms with Gasteiger partial charge >= 0.3 is 18.3 Å². The number of hydrogen-bond donors (Lipinski definition) is 3. The average Bonchev–Trinajstić information content (AvgIpc) is 2.58. The van der Waals surface area contributed by atoms with E-state index < -0.39 is 35.5 Å². The number of rotatable bonds is 5. The van der Waals surface area contributed by atoms with Crippen LogP contribution in [0.5, 0.6) is 0 Å². The van der Waals surface area contributed by atoms with Crippen molar-refractivity contribution in [3.63, 3.8) is 0 Å². The lowest BCUT2D eigenvalue weighted by Crippen LogP contribution is -2.53. The van der Waals surface area contributed by atoms with Gasteiger partial charge in [0, 0.05) is 16.3 Å². The van der Waals surface area contributed by atoms with E-state index in [0.717, 1.165) is 12.1 Å². The molecule has 1 unspecified atom stereocenters. The van der Waals surface area contributed by atoms with Crippen molar-refractivity contribution in [2.75, 3.05) is 5.32 Å². The number of carboxylic acids is 1. The number of aliphatic carboxylic acids is 1. The highest BCUT2D eigenvalue weighted by molar-refractivity contribution is 6.30. The third-order valence-corrected chi connectivity index (χ3v) is 4.14. The van der Waals surface area contributed by atoms with E-state index in [1.54, 1.807) is 0 Å². The first-order valence-corrected chi connectivity index (χ1v) is 7.86. The van der Waals surface area contributed by atoms with Crippen LogP contribution in [-0.4, -0.2) is 28.5 Å². The van der Waals surface area contributed by atoms with E-state index in [-0.39, 0.29) is 11.3 Å². The fourth-order valence-electron chi connectivity index (χ4n) is 2.41. The summed E-state index contributed by atoms with van der Waals surface area (Å²) in [5.41, 5.74) is -6.32. The van der Waals surface area contributed by atoms with Crippen LogP contribution in [0, 0.1) is 0 Å². The fourth-order valence-corrected chi connectivity index (χ4v) is 2.53. The molecule has 3 N–H and O–H groups in total. The minimum atomic E-state index is -6.01. The molecule has 0 radical (unpaired) electrons. The lowest BCUT2D eigenvalue weighted by Gasteiger charge is -2.32. The van der Waals surface area contributed by atoms with Gasteiger partial charge < -0.3 is 15.5 Å². The Morgan fingerprint density at radius 1 is 0.893 bits per heavy atom. The maximum absolute atomic E-state index is 12.9. The van der Waals surface area contributed by atoms with Gasteiger partial charge in [0.25, 0.3) is 5.60 Å². The zero-order valence-corrected chi connectivity index (χ0v) is 14.4. The minimum Gasteiger partial charge on any atom is -0.479 e. The van der Waals surface area contributed by atoms with Crippen LogP contribution in [-0.2, 0) is 10.4 Å². The van der Waals surface area contributed by atoms with Crippen LogP contribution in [0.3, 0.4) is 0 Å². The summed E-state index contributed by atoms with van der Waals surface area (Å²) in [6.45, 7) is 0. The van der Waals surface area contributed by atoms with Gasteiger partial charge in [0.05, 0.1) is 0 Å². The largest absolute Gasteiger partial charge is 0.479 e. The van der Waals surface area contributed by atoms with Crippen LogP contribution in [0.4, 0.5) is 32.0 Å². The number of aliphatic hydroxyl groups is 1. The molecule has 1 atom stereocenters. The number of carboxylic acid groups (broad SMARTS) is 1. The molecule has 0 heterocycles. The Balaban J connectivity index is 2.35. The molecular weight excluding hydrogens is 416 g/mol. The number of anilines is 1. The van der Waals surface area contributed by atoms with E-state index in [9.17, 15) is 41.4 Å². The molecule has 2 rings (SSSR count). The first-order chi connectivity index (χ1) is 12.8. The van der Waals surface area contributed by atoms with Gasteiger partial charge in [0.15, 0.2) is 6.04 Å². The van der Waals surface area contributed by atoms with Crippen molar-refractivity contribution in [3.8, 4) is 0 Å². The van der Waals surface area contributed by atoms with E-state index in [2.05, 4.69) is 5.32 Å². The Morgan fingerprint density at radius 3 is 1.75 bits per heavy atom. The number of alkyl halides is 6. The van der Waals surface area contributed by atoms with Crippen molar-refractivity contribution in [1.82, 2.24) is 0 Å². The van der Waals surface area contributed by atoms with Gasteiger partial charge in [-0.3, -0.25) is 0 Å². The van der Waals surface area contributed by atoms with Gasteiger partial charge in [-0.25, -0.2) is 4.79 Å². The zero-order chi connectivity index (χ0) is 21.3. The van der Waals surface area contributed by atoms with E-state index in [4.69, 9.17) is 11.6 Å². The standard InChI is InChI=1S/C17H12ClF6NO3/c18-11-5-1-9(2-6-11)13(14(26)27)25-12-7-3-10(4-8-12)15(28,16(19,20)21)17(22,23)24/h1-8,13,25,28H,(H,26,27). The van der Waals surface area contributed by atoms with Crippen LogP contribution < -0.4 is 5.32 Å². The molecule has 4 nitrogen and oxygen atoms in total. The van der Waals surface area contributed by atoms with Crippen molar-refractivity contribution in [3.05, 3.63) is 64.7 Å². The van der Waals surface area contributed by atoms with E-state index in [1.807, 2.05) is 0 Å². The highest BCUT2D eigenvalue weighted by Crippen LogP contribution is 2.50. The van der Waals surface area contributed by atoms with E-state index >= 15 is 0 Å². The molecule has 0 saturated carbocycles. The van der Waals surface area contributed by atoms with Gasteiger partial charge in [-0.1, -0.05) is 35.9 Å². The fraction of sp³-hybridized carbons (Fsp3) is 0.235. The summed E-state index contributed by atoms with van der Waals surface area (Å²) in [6.07, 6.45) is -12.0. The molecule has 0 amide bonds. The quantitative estimate of drug-likeness (QED) is 0.594. The maximum Gasteiger partial charge on any atom is 0.430 e. The van der Waals surface area contributed by atoms with Crippen molar-refractivity contribution in [2.45, 2.75) is 24.0 Å². The molecule has 0 aromatic heterocycles. The Labute approximate surface area is 159 Å². The highest BCUT2D eigenvalue weighted by Gasteiger charge is 2.71. The molecule has 0 saturated heterocycles. The number of carbonyl (C=O) groups is 1. The normalized spacial score (nSPS) is 13.9. The molecule has 0 fully saturated rings. The molecule has 0 aliphatic carbocycles. The number of halogens is 7. The van der Waals surface area contributed by atoms with Gasteiger partial charge in [-0.15, -0.1) is 0 Å². The molecule has 2 aromatic rings. The lowest BCUT2D eigenvalue weighted by molar-refractivity contribution is -0.376. The zero-order valence-electron chi connectivity index (χ0n) is 13.6. The van der Waals surface area contributed by atoms with Crippen molar-refractivity contribution in [2.24, 2.45) is 0 Å². The van der Waals surface area contributed by atoms with Crippen LogP contribution in [0.1, 0.15) is 17.2 Å². The Kier molecular flexibility index (Phi) is 5.86. The lowest BCUT2D eigenvalue weighted by atomic mass is 9.92. The molecule has 28 heavy (non-hydrogen) atoms. The predicted molar refractivity (Wildman–Crippen MR) is 87.9 cm³/mol. The van der Waals surface area contributed by atoms with Crippen LogP contribution in [0.2, 0.25) is 5.02 Å². The second-order valence-electron chi connectivity index (χ2n) is 5.75. The molecule has 11 heteroatoms. The number of nitrogens with one attached hydrogen (secondary N) is 1. The summed E-state index contributed by atoms with van der Waals surface area (Å²) < 4.78 is 77.3. The summed E-state index contributed by atoms with van der Waals surface area (Å²) in [5.74, 6) is -1.34. The van der Waals surface area contributed by atoms with Crippen LogP contribution >= 0.6 is 11.6 Å². The van der Waals surface area contributed by atoms with Gasteiger partial charge in [0.1, 0.15) is 0 Å². The smallest absolute Gasteiger partial charge is 0.430 e. The second-order valence-corrected chi connectivity index (χ2v) is 6.19. The molecule has 0 aliphatic rings.